The quantitative estimate of drug-likeness (QED) is 0.818. The van der Waals surface area contributed by atoms with Crippen LogP contribution in [-0.2, 0) is 0 Å². The number of carbonyl (C=O) groups excluding carboxylic acids is 1. The van der Waals surface area contributed by atoms with Crippen molar-refractivity contribution < 1.29 is 18.7 Å². The van der Waals surface area contributed by atoms with Crippen LogP contribution in [0.3, 0.4) is 0 Å². The maximum Gasteiger partial charge on any atom is 0.287 e. The van der Waals surface area contributed by atoms with Gasteiger partial charge in [-0.25, -0.2) is 8.78 Å². The second kappa shape index (κ2) is 5.03. The van der Waals surface area contributed by atoms with E-state index >= 15 is 0 Å². The van der Waals surface area contributed by atoms with Crippen LogP contribution in [0.4, 0.5) is 8.78 Å². The first-order chi connectivity index (χ1) is 7.44. The van der Waals surface area contributed by atoms with Crippen molar-refractivity contribution in [1.82, 2.24) is 5.32 Å². The van der Waals surface area contributed by atoms with E-state index in [1.54, 1.807) is 24.3 Å². The highest BCUT2D eigenvalue weighted by Crippen LogP contribution is 2.10. The molecular formula is C11H13F2NO2. The van der Waals surface area contributed by atoms with Gasteiger partial charge in [0.1, 0.15) is 6.61 Å². The highest BCUT2D eigenvalue weighted by Gasteiger charge is 2.28. The van der Waals surface area contributed by atoms with Gasteiger partial charge in [0.15, 0.2) is 0 Å². The Morgan fingerprint density at radius 3 is 2.44 bits per heavy atom. The summed E-state index contributed by atoms with van der Waals surface area (Å²) in [7, 11) is 0. The van der Waals surface area contributed by atoms with Crippen molar-refractivity contribution in [3.8, 4) is 0 Å². The average Bonchev–Trinajstić information content (AvgIpc) is 2.27. The van der Waals surface area contributed by atoms with Crippen molar-refractivity contribution in [2.24, 2.45) is 0 Å². The zero-order valence-electron chi connectivity index (χ0n) is 8.84. The van der Waals surface area contributed by atoms with Crippen LogP contribution < -0.4 is 5.32 Å². The molecule has 0 aromatic heterocycles. The van der Waals surface area contributed by atoms with Gasteiger partial charge in [0.25, 0.3) is 11.8 Å². The van der Waals surface area contributed by atoms with E-state index in [4.69, 9.17) is 5.11 Å². The van der Waals surface area contributed by atoms with Crippen molar-refractivity contribution in [2.45, 2.75) is 12.8 Å². The number of rotatable bonds is 4. The molecular weight excluding hydrogens is 216 g/mol. The molecule has 88 valence electrons. The third kappa shape index (κ3) is 3.58. The summed E-state index contributed by atoms with van der Waals surface area (Å²) in [4.78, 5) is 11.4. The third-order valence-corrected chi connectivity index (χ3v) is 2.05. The van der Waals surface area contributed by atoms with Crippen LogP contribution in [-0.4, -0.2) is 30.1 Å². The first-order valence-corrected chi connectivity index (χ1v) is 4.78. The summed E-state index contributed by atoms with van der Waals surface area (Å²) in [6.07, 6.45) is 0. The number of aryl methyl sites for hydroxylation is 1. The van der Waals surface area contributed by atoms with E-state index in [1.165, 1.54) is 0 Å². The molecule has 0 atom stereocenters. The van der Waals surface area contributed by atoms with Gasteiger partial charge in [-0.05, 0) is 19.1 Å². The van der Waals surface area contributed by atoms with E-state index in [0.29, 0.717) is 5.56 Å². The van der Waals surface area contributed by atoms with Crippen molar-refractivity contribution in [3.63, 3.8) is 0 Å². The number of halogens is 2. The molecule has 0 aliphatic carbocycles. The fourth-order valence-electron chi connectivity index (χ4n) is 1.07. The number of hydrogen-bond acceptors (Lipinski definition) is 2. The van der Waals surface area contributed by atoms with E-state index in [9.17, 15) is 13.6 Å². The standard InChI is InChI=1S/C11H13F2NO2/c1-8-2-4-9(5-3-8)10(16)14-6-11(12,13)7-15/h2-5,15H,6-7H2,1H3,(H,14,16). The van der Waals surface area contributed by atoms with E-state index < -0.39 is 25.0 Å². The molecule has 1 rings (SSSR count). The lowest BCUT2D eigenvalue weighted by molar-refractivity contribution is -0.0462. The van der Waals surface area contributed by atoms with Gasteiger partial charge in [-0.3, -0.25) is 4.79 Å². The van der Waals surface area contributed by atoms with Gasteiger partial charge in [0, 0.05) is 5.56 Å². The van der Waals surface area contributed by atoms with Gasteiger partial charge in [-0.2, -0.15) is 0 Å². The molecule has 1 amide bonds. The number of alkyl halides is 2. The van der Waals surface area contributed by atoms with E-state index in [2.05, 4.69) is 5.32 Å². The summed E-state index contributed by atoms with van der Waals surface area (Å²) >= 11 is 0. The fraction of sp³-hybridized carbons (Fsp3) is 0.364. The molecule has 0 saturated heterocycles. The lowest BCUT2D eigenvalue weighted by Gasteiger charge is -2.13. The van der Waals surface area contributed by atoms with Crippen LogP contribution in [0, 0.1) is 6.92 Å². The summed E-state index contributed by atoms with van der Waals surface area (Å²) in [6.45, 7) is -0.279. The molecule has 0 saturated carbocycles. The molecule has 16 heavy (non-hydrogen) atoms. The molecule has 2 N–H and O–H groups in total. The lowest BCUT2D eigenvalue weighted by atomic mass is 10.1. The zero-order valence-corrected chi connectivity index (χ0v) is 8.84. The molecule has 0 bridgehead atoms. The van der Waals surface area contributed by atoms with Crippen LogP contribution in [0.1, 0.15) is 15.9 Å². The Bertz CT molecular complexity index is 363. The van der Waals surface area contributed by atoms with E-state index in [1.807, 2.05) is 6.92 Å². The van der Waals surface area contributed by atoms with Gasteiger partial charge in [-0.15, -0.1) is 0 Å². The predicted molar refractivity (Wildman–Crippen MR) is 55.5 cm³/mol. The van der Waals surface area contributed by atoms with Gasteiger partial charge >= 0.3 is 0 Å². The fourth-order valence-corrected chi connectivity index (χ4v) is 1.07. The summed E-state index contributed by atoms with van der Waals surface area (Å²) in [5, 5.41) is 10.4. The number of hydrogen-bond donors (Lipinski definition) is 2. The van der Waals surface area contributed by atoms with Crippen LogP contribution in [0.5, 0.6) is 0 Å². The molecule has 0 aliphatic rings. The summed E-state index contributed by atoms with van der Waals surface area (Å²) in [5.74, 6) is -3.85. The Morgan fingerprint density at radius 2 is 1.94 bits per heavy atom. The lowest BCUT2D eigenvalue weighted by Crippen LogP contribution is -2.38. The zero-order chi connectivity index (χ0) is 12.2. The Morgan fingerprint density at radius 1 is 1.38 bits per heavy atom. The Hall–Kier alpha value is -1.49. The maximum atomic E-state index is 12.6. The first-order valence-electron chi connectivity index (χ1n) is 4.78. The number of aliphatic hydroxyl groups is 1. The summed E-state index contributed by atoms with van der Waals surface area (Å²) in [6, 6.07) is 6.56. The normalized spacial score (nSPS) is 11.2. The Balaban J connectivity index is 2.56. The van der Waals surface area contributed by atoms with E-state index in [-0.39, 0.29) is 0 Å². The molecule has 1 aromatic rings. The summed E-state index contributed by atoms with van der Waals surface area (Å²) in [5.41, 5.74) is 1.30. The molecule has 0 fully saturated rings. The van der Waals surface area contributed by atoms with Crippen molar-refractivity contribution in [2.75, 3.05) is 13.2 Å². The molecule has 3 nitrogen and oxygen atoms in total. The van der Waals surface area contributed by atoms with Gasteiger partial charge in [-0.1, -0.05) is 17.7 Å². The van der Waals surface area contributed by atoms with Gasteiger partial charge in [0.05, 0.1) is 6.54 Å². The van der Waals surface area contributed by atoms with Crippen LogP contribution in [0.2, 0.25) is 0 Å². The van der Waals surface area contributed by atoms with Crippen molar-refractivity contribution in [3.05, 3.63) is 35.4 Å². The van der Waals surface area contributed by atoms with Crippen molar-refractivity contribution in [1.29, 1.82) is 0 Å². The molecule has 5 heteroatoms. The number of benzene rings is 1. The molecule has 0 aliphatic heterocycles. The second-order valence-corrected chi connectivity index (χ2v) is 3.56. The molecule has 0 heterocycles. The molecule has 0 radical (unpaired) electrons. The minimum Gasteiger partial charge on any atom is -0.390 e. The first kappa shape index (κ1) is 12.6. The highest BCUT2D eigenvalue weighted by atomic mass is 19.3. The number of nitrogens with one attached hydrogen (secondary N) is 1. The summed E-state index contributed by atoms with van der Waals surface area (Å²) < 4.78 is 25.3. The minimum absolute atomic E-state index is 0.319. The second-order valence-electron chi connectivity index (χ2n) is 3.56. The van der Waals surface area contributed by atoms with Crippen LogP contribution in [0.15, 0.2) is 24.3 Å². The number of amides is 1. The third-order valence-electron chi connectivity index (χ3n) is 2.05. The van der Waals surface area contributed by atoms with Crippen molar-refractivity contribution >= 4 is 5.91 Å². The monoisotopic (exact) mass is 229 g/mol. The predicted octanol–water partition coefficient (Wildman–Crippen LogP) is 1.35. The molecule has 0 spiro atoms. The average molecular weight is 229 g/mol. The largest absolute Gasteiger partial charge is 0.390 e. The number of aliphatic hydroxyl groups excluding tert-OH is 1. The number of carbonyl (C=O) groups is 1. The minimum atomic E-state index is -3.28. The topological polar surface area (TPSA) is 49.3 Å². The van der Waals surface area contributed by atoms with E-state index in [0.717, 1.165) is 5.56 Å². The maximum absolute atomic E-state index is 12.6. The molecule has 1 aromatic carbocycles. The van der Waals surface area contributed by atoms with Gasteiger partial charge < -0.3 is 10.4 Å². The smallest absolute Gasteiger partial charge is 0.287 e. The highest BCUT2D eigenvalue weighted by molar-refractivity contribution is 5.94. The Kier molecular flexibility index (Phi) is 3.95. The SMILES string of the molecule is Cc1ccc(C(=O)NCC(F)(F)CO)cc1. The van der Waals surface area contributed by atoms with Gasteiger partial charge in [0.2, 0.25) is 0 Å². The Labute approximate surface area is 92.1 Å². The van der Waals surface area contributed by atoms with Crippen LogP contribution in [0.25, 0.3) is 0 Å². The molecule has 0 unspecified atom stereocenters. The van der Waals surface area contributed by atoms with Crippen LogP contribution >= 0.6 is 0 Å².